The first kappa shape index (κ1) is 24.0. The van der Waals surface area contributed by atoms with Gasteiger partial charge >= 0.3 is 0 Å². The molecular formula is C21H37IN4O. The largest absolute Gasteiger partial charge is 0.497 e. The summed E-state index contributed by atoms with van der Waals surface area (Å²) in [5.41, 5.74) is 1.34. The molecule has 1 aliphatic rings. The molecule has 0 saturated carbocycles. The lowest BCUT2D eigenvalue weighted by atomic mass is 10.1. The summed E-state index contributed by atoms with van der Waals surface area (Å²) in [5.74, 6) is 1.88. The molecule has 1 aromatic carbocycles. The van der Waals surface area contributed by atoms with Gasteiger partial charge in [-0.1, -0.05) is 19.1 Å². The highest BCUT2D eigenvalue weighted by molar-refractivity contribution is 14.0. The predicted molar refractivity (Wildman–Crippen MR) is 126 cm³/mol. The van der Waals surface area contributed by atoms with E-state index in [-0.39, 0.29) is 24.0 Å². The van der Waals surface area contributed by atoms with Gasteiger partial charge in [0.15, 0.2) is 5.96 Å². The summed E-state index contributed by atoms with van der Waals surface area (Å²) in [4.78, 5) is 7.33. The molecule has 0 aliphatic carbocycles. The van der Waals surface area contributed by atoms with E-state index in [1.54, 1.807) is 7.11 Å². The highest BCUT2D eigenvalue weighted by Gasteiger charge is 2.19. The summed E-state index contributed by atoms with van der Waals surface area (Å²) >= 11 is 0. The predicted octanol–water partition coefficient (Wildman–Crippen LogP) is 3.68. The maximum atomic E-state index is 5.20. The maximum absolute atomic E-state index is 5.20. The fraction of sp³-hybridized carbons (Fsp3) is 0.667. The lowest BCUT2D eigenvalue weighted by Crippen LogP contribution is -2.48. The Morgan fingerprint density at radius 1 is 1.19 bits per heavy atom. The lowest BCUT2D eigenvalue weighted by molar-refractivity contribution is 0.206. The van der Waals surface area contributed by atoms with Crippen LogP contribution in [0, 0.1) is 0 Å². The third-order valence-corrected chi connectivity index (χ3v) is 4.87. The maximum Gasteiger partial charge on any atom is 0.191 e. The number of halogens is 1. The molecule has 0 unspecified atom stereocenters. The van der Waals surface area contributed by atoms with E-state index in [4.69, 9.17) is 9.73 Å². The van der Waals surface area contributed by atoms with Gasteiger partial charge in [0.1, 0.15) is 5.75 Å². The smallest absolute Gasteiger partial charge is 0.191 e. The number of nitrogens with zero attached hydrogens (tertiary/aromatic N) is 2. The van der Waals surface area contributed by atoms with Gasteiger partial charge in [-0.3, -0.25) is 4.99 Å². The minimum Gasteiger partial charge on any atom is -0.497 e. The van der Waals surface area contributed by atoms with Crippen LogP contribution < -0.4 is 15.4 Å². The number of aliphatic imine (C=N–C) groups is 1. The molecular weight excluding hydrogens is 451 g/mol. The van der Waals surface area contributed by atoms with Crippen LogP contribution in [-0.4, -0.2) is 56.7 Å². The quantitative estimate of drug-likeness (QED) is 0.241. The van der Waals surface area contributed by atoms with Crippen LogP contribution in [0.15, 0.2) is 29.3 Å². The van der Waals surface area contributed by atoms with Crippen molar-refractivity contribution in [3.63, 3.8) is 0 Å². The molecule has 154 valence electrons. The summed E-state index contributed by atoms with van der Waals surface area (Å²) in [6, 6.07) is 8.86. The first-order valence-corrected chi connectivity index (χ1v) is 10.1. The van der Waals surface area contributed by atoms with Gasteiger partial charge in [0.25, 0.3) is 0 Å². The van der Waals surface area contributed by atoms with Gasteiger partial charge in [0, 0.05) is 32.2 Å². The average Bonchev–Trinajstić information content (AvgIpc) is 2.67. The van der Waals surface area contributed by atoms with Crippen molar-refractivity contribution >= 4 is 29.9 Å². The van der Waals surface area contributed by atoms with Crippen molar-refractivity contribution in [2.45, 2.75) is 52.0 Å². The van der Waals surface area contributed by atoms with Crippen molar-refractivity contribution in [1.82, 2.24) is 15.5 Å². The monoisotopic (exact) mass is 488 g/mol. The molecule has 1 aromatic rings. The first-order chi connectivity index (χ1) is 12.7. The van der Waals surface area contributed by atoms with E-state index >= 15 is 0 Å². The van der Waals surface area contributed by atoms with E-state index in [0.29, 0.717) is 6.04 Å². The van der Waals surface area contributed by atoms with Crippen LogP contribution >= 0.6 is 24.0 Å². The summed E-state index contributed by atoms with van der Waals surface area (Å²) in [5, 5.41) is 7.02. The van der Waals surface area contributed by atoms with Gasteiger partial charge in [0.05, 0.1) is 7.11 Å². The topological polar surface area (TPSA) is 48.9 Å². The number of rotatable bonds is 9. The highest BCUT2D eigenvalue weighted by atomic mass is 127. The van der Waals surface area contributed by atoms with Gasteiger partial charge in [-0.2, -0.15) is 0 Å². The molecule has 2 N–H and O–H groups in total. The minimum atomic E-state index is 0. The van der Waals surface area contributed by atoms with Crippen LogP contribution in [-0.2, 0) is 6.42 Å². The normalized spacial score (nSPS) is 15.9. The van der Waals surface area contributed by atoms with Crippen molar-refractivity contribution in [1.29, 1.82) is 0 Å². The first-order valence-electron chi connectivity index (χ1n) is 10.1. The summed E-state index contributed by atoms with van der Waals surface area (Å²) in [6.07, 6.45) is 5.75. The van der Waals surface area contributed by atoms with Crippen LogP contribution in [0.1, 0.15) is 45.1 Å². The molecule has 0 atom stereocenters. The number of guanidine groups is 1. The number of benzene rings is 1. The van der Waals surface area contributed by atoms with Crippen LogP contribution in [0.3, 0.4) is 0 Å². The molecule has 0 aromatic heterocycles. The Hall–Kier alpha value is -1.02. The Kier molecular flexibility index (Phi) is 12.5. The molecule has 27 heavy (non-hydrogen) atoms. The second-order valence-corrected chi connectivity index (χ2v) is 6.97. The molecule has 1 aliphatic heterocycles. The number of hydrogen-bond donors (Lipinski definition) is 2. The van der Waals surface area contributed by atoms with E-state index in [2.05, 4.69) is 41.5 Å². The fourth-order valence-electron chi connectivity index (χ4n) is 3.40. The number of likely N-dealkylation sites (tertiary alicyclic amines) is 1. The zero-order valence-corrected chi connectivity index (χ0v) is 19.5. The zero-order chi connectivity index (χ0) is 18.6. The second kappa shape index (κ2) is 14.0. The number of hydrogen-bond acceptors (Lipinski definition) is 3. The van der Waals surface area contributed by atoms with E-state index < -0.39 is 0 Å². The standard InChI is InChI=1S/C21H36N4O.HI/c1-4-15-25-16-12-19(13-17-25)24-21(22-5-2)23-14-6-7-18-8-10-20(26-3)11-9-18;/h8-11,19H,4-7,12-17H2,1-3H3,(H2,22,23,24);1H. The second-order valence-electron chi connectivity index (χ2n) is 6.97. The molecule has 2 rings (SSSR count). The Morgan fingerprint density at radius 2 is 1.89 bits per heavy atom. The molecule has 1 heterocycles. The molecule has 0 amide bonds. The van der Waals surface area contributed by atoms with Gasteiger partial charge < -0.3 is 20.3 Å². The number of ether oxygens (including phenoxy) is 1. The molecule has 0 bridgehead atoms. The summed E-state index contributed by atoms with van der Waals surface area (Å²) < 4.78 is 5.20. The van der Waals surface area contributed by atoms with Gasteiger partial charge in [-0.25, -0.2) is 0 Å². The Labute approximate surface area is 182 Å². The van der Waals surface area contributed by atoms with E-state index in [1.807, 2.05) is 12.1 Å². The van der Waals surface area contributed by atoms with E-state index in [1.165, 1.54) is 44.5 Å². The Bertz CT molecular complexity index is 527. The SMILES string of the molecule is CCCN1CCC(NC(=NCCCc2ccc(OC)cc2)NCC)CC1.I. The van der Waals surface area contributed by atoms with Crippen LogP contribution in [0.2, 0.25) is 0 Å². The number of nitrogens with one attached hydrogen (secondary N) is 2. The molecule has 6 heteroatoms. The molecule has 1 fully saturated rings. The van der Waals surface area contributed by atoms with Crippen LogP contribution in [0.4, 0.5) is 0 Å². The van der Waals surface area contributed by atoms with Gasteiger partial charge in [0.2, 0.25) is 0 Å². The zero-order valence-electron chi connectivity index (χ0n) is 17.2. The van der Waals surface area contributed by atoms with E-state index in [9.17, 15) is 0 Å². The number of aryl methyl sites for hydroxylation is 1. The Balaban J connectivity index is 0.00000364. The van der Waals surface area contributed by atoms with Crippen molar-refractivity contribution < 1.29 is 4.74 Å². The Morgan fingerprint density at radius 3 is 2.48 bits per heavy atom. The van der Waals surface area contributed by atoms with Crippen molar-refractivity contribution in [3.05, 3.63) is 29.8 Å². The van der Waals surface area contributed by atoms with E-state index in [0.717, 1.165) is 37.6 Å². The van der Waals surface area contributed by atoms with Crippen LogP contribution in [0.5, 0.6) is 5.75 Å². The molecule has 0 spiro atoms. The third kappa shape index (κ3) is 9.14. The van der Waals surface area contributed by atoms with Gasteiger partial charge in [-0.15, -0.1) is 24.0 Å². The van der Waals surface area contributed by atoms with Gasteiger partial charge in [-0.05, 0) is 63.3 Å². The molecule has 5 nitrogen and oxygen atoms in total. The summed E-state index contributed by atoms with van der Waals surface area (Å²) in [6.45, 7) is 9.75. The highest BCUT2D eigenvalue weighted by Crippen LogP contribution is 2.13. The van der Waals surface area contributed by atoms with Crippen molar-refractivity contribution in [2.75, 3.05) is 39.8 Å². The van der Waals surface area contributed by atoms with Crippen molar-refractivity contribution in [2.24, 2.45) is 4.99 Å². The average molecular weight is 488 g/mol. The minimum absolute atomic E-state index is 0. The number of piperidine rings is 1. The molecule has 1 saturated heterocycles. The van der Waals surface area contributed by atoms with Crippen LogP contribution in [0.25, 0.3) is 0 Å². The molecule has 0 radical (unpaired) electrons. The third-order valence-electron chi connectivity index (χ3n) is 4.87. The fourth-order valence-corrected chi connectivity index (χ4v) is 3.40. The lowest BCUT2D eigenvalue weighted by Gasteiger charge is -2.32. The number of methoxy groups -OCH3 is 1. The summed E-state index contributed by atoms with van der Waals surface area (Å²) in [7, 11) is 1.70. The van der Waals surface area contributed by atoms with Crippen molar-refractivity contribution in [3.8, 4) is 5.75 Å².